The molecule has 0 aliphatic heterocycles. The zero-order valence-electron chi connectivity index (χ0n) is 17.5. The number of aromatic amines is 1. The smallest absolute Gasteiger partial charge is 0.417 e. The molecule has 0 radical (unpaired) electrons. The summed E-state index contributed by atoms with van der Waals surface area (Å²) in [7, 11) is 0. The first-order chi connectivity index (χ1) is 15.8. The number of alkyl halides is 3. The molecule has 4 rings (SSSR count). The number of aromatic nitrogens is 2. The highest BCUT2D eigenvalue weighted by Gasteiger charge is 2.35. The average Bonchev–Trinajstić information content (AvgIpc) is 3.45. The summed E-state index contributed by atoms with van der Waals surface area (Å²) in [6.07, 6.45) is -1.85. The summed E-state index contributed by atoms with van der Waals surface area (Å²) < 4.78 is 45.3. The molecular weight excluding hydrogens is 433 g/mol. The maximum Gasteiger partial charge on any atom is 0.417 e. The molecule has 0 amide bonds. The van der Waals surface area contributed by atoms with Gasteiger partial charge in [-0.25, -0.2) is 4.98 Å². The number of hydrogen-bond donors (Lipinski definition) is 2. The van der Waals surface area contributed by atoms with E-state index in [2.05, 4.69) is 27.0 Å². The summed E-state index contributed by atoms with van der Waals surface area (Å²) in [5.41, 5.74) is 2.21. The van der Waals surface area contributed by atoms with Crippen molar-refractivity contribution in [3.63, 3.8) is 0 Å². The van der Waals surface area contributed by atoms with Gasteiger partial charge >= 0.3 is 6.18 Å². The van der Waals surface area contributed by atoms with Gasteiger partial charge in [0.15, 0.2) is 17.9 Å². The van der Waals surface area contributed by atoms with Crippen molar-refractivity contribution < 1.29 is 22.4 Å². The molecule has 2 heterocycles. The van der Waals surface area contributed by atoms with E-state index in [4.69, 9.17) is 4.42 Å². The van der Waals surface area contributed by atoms with Crippen molar-refractivity contribution in [3.8, 4) is 11.3 Å². The number of carbonyl (C=O) groups is 1. The van der Waals surface area contributed by atoms with Crippen molar-refractivity contribution in [3.05, 3.63) is 89.2 Å². The number of H-pyrrole nitrogens is 1. The maximum absolute atomic E-state index is 13.3. The van der Waals surface area contributed by atoms with E-state index in [1.807, 2.05) is 19.1 Å². The van der Waals surface area contributed by atoms with Crippen LogP contribution in [0.1, 0.15) is 32.9 Å². The van der Waals surface area contributed by atoms with E-state index < -0.39 is 23.1 Å². The second-order valence-corrected chi connectivity index (χ2v) is 7.30. The number of aryl methyl sites for hydroxylation is 1. The highest BCUT2D eigenvalue weighted by Crippen LogP contribution is 2.34. The Morgan fingerprint density at radius 3 is 2.70 bits per heavy atom. The third kappa shape index (κ3) is 4.57. The Morgan fingerprint density at radius 1 is 1.21 bits per heavy atom. The summed E-state index contributed by atoms with van der Waals surface area (Å²) in [5.74, 6) is -0.0774. The van der Waals surface area contributed by atoms with Gasteiger partial charge in [-0.3, -0.25) is 9.79 Å². The van der Waals surface area contributed by atoms with Crippen LogP contribution >= 0.6 is 0 Å². The number of hydrogen-bond acceptors (Lipinski definition) is 5. The number of halogens is 3. The van der Waals surface area contributed by atoms with Crippen LogP contribution in [0.25, 0.3) is 11.3 Å². The second kappa shape index (κ2) is 8.78. The van der Waals surface area contributed by atoms with Crippen LogP contribution in [0.2, 0.25) is 0 Å². The lowest BCUT2D eigenvalue weighted by atomic mass is 9.99. The zero-order chi connectivity index (χ0) is 23.6. The Balaban J connectivity index is 1.54. The predicted octanol–water partition coefficient (Wildman–Crippen LogP) is 6.17. The Labute approximate surface area is 187 Å². The third-order valence-corrected chi connectivity index (χ3v) is 5.13. The number of aliphatic imine (C=N–C) groups is 1. The van der Waals surface area contributed by atoms with Gasteiger partial charge in [-0.05, 0) is 44.0 Å². The highest BCUT2D eigenvalue weighted by molar-refractivity contribution is 6.10. The predicted molar refractivity (Wildman–Crippen MR) is 119 cm³/mol. The van der Waals surface area contributed by atoms with Crippen molar-refractivity contribution in [2.24, 2.45) is 4.99 Å². The fourth-order valence-electron chi connectivity index (χ4n) is 3.48. The number of carbonyl (C=O) groups excluding carboxylic acids is 1. The normalized spacial score (nSPS) is 11.4. The van der Waals surface area contributed by atoms with E-state index >= 15 is 0 Å². The summed E-state index contributed by atoms with van der Waals surface area (Å²) >= 11 is 0. The Bertz CT molecular complexity index is 1320. The van der Waals surface area contributed by atoms with E-state index in [9.17, 15) is 18.0 Å². The Hall–Kier alpha value is -4.14. The minimum absolute atomic E-state index is 0.136. The molecule has 0 aliphatic carbocycles. The molecule has 0 atom stereocenters. The van der Waals surface area contributed by atoms with Crippen LogP contribution in [0, 0.1) is 6.92 Å². The molecule has 0 aliphatic rings. The number of anilines is 1. The SMILES string of the molecule is C=Nc1ccc(-c2ocnc2C)cc1NCc1cc(C(=O)c2ccccc2C(F)(F)F)c[nH]1. The van der Waals surface area contributed by atoms with Gasteiger partial charge in [0.05, 0.1) is 29.2 Å². The molecule has 2 N–H and O–H groups in total. The molecule has 2 aromatic heterocycles. The summed E-state index contributed by atoms with van der Waals surface area (Å²) in [6, 6.07) is 11.7. The topological polar surface area (TPSA) is 83.3 Å². The van der Waals surface area contributed by atoms with Crippen molar-refractivity contribution in [1.82, 2.24) is 9.97 Å². The van der Waals surface area contributed by atoms with Crippen molar-refractivity contribution in [2.45, 2.75) is 19.6 Å². The number of oxazole rings is 1. The largest absolute Gasteiger partial charge is 0.443 e. The molecule has 2 aromatic carbocycles. The van der Waals surface area contributed by atoms with E-state index in [0.29, 0.717) is 22.8 Å². The average molecular weight is 452 g/mol. The van der Waals surface area contributed by atoms with Crippen molar-refractivity contribution in [2.75, 3.05) is 5.32 Å². The van der Waals surface area contributed by atoms with Crippen molar-refractivity contribution >= 4 is 23.9 Å². The minimum atomic E-state index is -4.62. The van der Waals surface area contributed by atoms with E-state index in [0.717, 1.165) is 17.3 Å². The number of nitrogens with zero attached hydrogens (tertiary/aromatic N) is 2. The van der Waals surface area contributed by atoms with E-state index in [1.54, 1.807) is 6.07 Å². The molecule has 168 valence electrons. The lowest BCUT2D eigenvalue weighted by Gasteiger charge is -2.11. The van der Waals surface area contributed by atoms with E-state index in [-0.39, 0.29) is 12.1 Å². The first-order valence-electron chi connectivity index (χ1n) is 9.91. The molecule has 0 spiro atoms. The van der Waals surface area contributed by atoms with Gasteiger partial charge in [0, 0.05) is 28.6 Å². The number of ketones is 1. The zero-order valence-corrected chi connectivity index (χ0v) is 17.5. The minimum Gasteiger partial charge on any atom is -0.443 e. The number of rotatable bonds is 7. The second-order valence-electron chi connectivity index (χ2n) is 7.30. The Kier molecular flexibility index (Phi) is 5.87. The number of nitrogens with one attached hydrogen (secondary N) is 2. The Morgan fingerprint density at radius 2 is 2.00 bits per heavy atom. The first-order valence-corrected chi connectivity index (χ1v) is 9.91. The molecule has 0 unspecified atom stereocenters. The van der Waals surface area contributed by atoms with Crippen LogP contribution in [0.15, 0.2) is 70.5 Å². The molecule has 4 aromatic rings. The first kappa shape index (κ1) is 22.1. The highest BCUT2D eigenvalue weighted by atomic mass is 19.4. The summed E-state index contributed by atoms with van der Waals surface area (Å²) in [5, 5.41) is 3.21. The molecular formula is C24H19F3N4O2. The molecule has 0 bridgehead atoms. The van der Waals surface area contributed by atoms with Gasteiger partial charge in [-0.2, -0.15) is 13.2 Å². The van der Waals surface area contributed by atoms with Crippen molar-refractivity contribution in [1.29, 1.82) is 0 Å². The third-order valence-electron chi connectivity index (χ3n) is 5.13. The van der Waals surface area contributed by atoms with Crippen LogP contribution < -0.4 is 5.32 Å². The van der Waals surface area contributed by atoms with Gasteiger partial charge in [-0.1, -0.05) is 18.2 Å². The molecule has 0 fully saturated rings. The van der Waals surface area contributed by atoms with Gasteiger partial charge in [0.1, 0.15) is 0 Å². The summed E-state index contributed by atoms with van der Waals surface area (Å²) in [6.45, 7) is 5.68. The van der Waals surface area contributed by atoms with Crippen LogP contribution in [0.3, 0.4) is 0 Å². The van der Waals surface area contributed by atoms with Gasteiger partial charge in [-0.15, -0.1) is 0 Å². The van der Waals surface area contributed by atoms with Crippen LogP contribution in [-0.4, -0.2) is 22.5 Å². The molecule has 6 nitrogen and oxygen atoms in total. The van der Waals surface area contributed by atoms with Gasteiger partial charge < -0.3 is 14.7 Å². The quantitative estimate of drug-likeness (QED) is 0.259. The molecule has 0 saturated carbocycles. The molecule has 9 heteroatoms. The van der Waals surface area contributed by atoms with Gasteiger partial charge in [0.2, 0.25) is 0 Å². The number of benzene rings is 2. The van der Waals surface area contributed by atoms with Gasteiger partial charge in [0.25, 0.3) is 0 Å². The molecule has 0 saturated heterocycles. The van der Waals surface area contributed by atoms with E-state index in [1.165, 1.54) is 36.9 Å². The fourth-order valence-corrected chi connectivity index (χ4v) is 3.48. The lowest BCUT2D eigenvalue weighted by Crippen LogP contribution is -2.13. The standard InChI is InChI=1S/C24H19F3N4O2/c1-14-23(33-13-31-14)15-7-8-20(28-2)21(10-15)30-12-17-9-16(11-29-17)22(32)18-5-3-4-6-19(18)24(25,26)27/h3-11,13,29-30H,2,12H2,1H3. The van der Waals surface area contributed by atoms with Crippen LogP contribution in [0.4, 0.5) is 24.5 Å². The summed E-state index contributed by atoms with van der Waals surface area (Å²) in [4.78, 5) is 23.8. The fraction of sp³-hybridized carbons (Fsp3) is 0.125. The monoisotopic (exact) mass is 452 g/mol. The lowest BCUT2D eigenvalue weighted by molar-refractivity contribution is -0.137. The molecule has 33 heavy (non-hydrogen) atoms. The van der Waals surface area contributed by atoms with Crippen LogP contribution in [-0.2, 0) is 12.7 Å². The van der Waals surface area contributed by atoms with Crippen LogP contribution in [0.5, 0.6) is 0 Å². The maximum atomic E-state index is 13.3.